The Morgan fingerprint density at radius 1 is 1.50 bits per heavy atom. The standard InChI is InChI=1S/C10H19NO/c1-11-4-2-3-10-8(6-11)5-9(10)7-12/h8-10,12H,2-7H2,1H3. The van der Waals surface area contributed by atoms with Gasteiger partial charge in [0.25, 0.3) is 0 Å². The van der Waals surface area contributed by atoms with Crippen molar-refractivity contribution in [3.05, 3.63) is 0 Å². The van der Waals surface area contributed by atoms with Crippen LogP contribution >= 0.6 is 0 Å². The van der Waals surface area contributed by atoms with Crippen molar-refractivity contribution in [2.75, 3.05) is 26.7 Å². The first-order chi connectivity index (χ1) is 5.81. The molecule has 0 aromatic carbocycles. The van der Waals surface area contributed by atoms with E-state index in [9.17, 15) is 0 Å². The van der Waals surface area contributed by atoms with E-state index < -0.39 is 0 Å². The lowest BCUT2D eigenvalue weighted by Crippen LogP contribution is -2.42. The Balaban J connectivity index is 1.92. The zero-order valence-corrected chi connectivity index (χ0v) is 7.87. The predicted molar refractivity (Wildman–Crippen MR) is 48.9 cm³/mol. The summed E-state index contributed by atoms with van der Waals surface area (Å²) < 4.78 is 0. The topological polar surface area (TPSA) is 23.5 Å². The molecule has 70 valence electrons. The zero-order chi connectivity index (χ0) is 8.55. The number of fused-ring (bicyclic) bond motifs is 1. The van der Waals surface area contributed by atoms with Gasteiger partial charge in [-0.2, -0.15) is 0 Å². The van der Waals surface area contributed by atoms with Gasteiger partial charge in [-0.25, -0.2) is 0 Å². The smallest absolute Gasteiger partial charge is 0.0462 e. The van der Waals surface area contributed by atoms with Crippen LogP contribution in [0.15, 0.2) is 0 Å². The molecule has 2 nitrogen and oxygen atoms in total. The maximum atomic E-state index is 9.07. The fraction of sp³-hybridized carbons (Fsp3) is 1.00. The lowest BCUT2D eigenvalue weighted by Gasteiger charge is -2.43. The summed E-state index contributed by atoms with van der Waals surface area (Å²) in [4.78, 5) is 2.44. The summed E-state index contributed by atoms with van der Waals surface area (Å²) in [5.41, 5.74) is 0. The highest BCUT2D eigenvalue weighted by Crippen LogP contribution is 2.44. The van der Waals surface area contributed by atoms with Gasteiger partial charge in [0.1, 0.15) is 0 Å². The number of aliphatic hydroxyl groups is 1. The molecule has 2 fully saturated rings. The lowest BCUT2D eigenvalue weighted by molar-refractivity contribution is 0.0149. The Hall–Kier alpha value is -0.0800. The van der Waals surface area contributed by atoms with Gasteiger partial charge < -0.3 is 10.0 Å². The molecular formula is C10H19NO. The summed E-state index contributed by atoms with van der Waals surface area (Å²) in [6, 6.07) is 0. The number of likely N-dealkylation sites (tertiary alicyclic amines) is 1. The molecule has 0 amide bonds. The van der Waals surface area contributed by atoms with Gasteiger partial charge >= 0.3 is 0 Å². The Morgan fingerprint density at radius 2 is 2.33 bits per heavy atom. The first-order valence-corrected chi connectivity index (χ1v) is 5.10. The minimum absolute atomic E-state index is 0.422. The van der Waals surface area contributed by atoms with Gasteiger partial charge in [-0.1, -0.05) is 0 Å². The van der Waals surface area contributed by atoms with Crippen LogP contribution in [0.4, 0.5) is 0 Å². The third-order valence-electron chi connectivity index (χ3n) is 3.67. The first kappa shape index (κ1) is 8.52. The SMILES string of the molecule is CN1CCCC2C(CO)CC2C1. The van der Waals surface area contributed by atoms with Crippen molar-refractivity contribution in [2.24, 2.45) is 17.8 Å². The Bertz CT molecular complexity index is 160. The zero-order valence-electron chi connectivity index (χ0n) is 7.87. The van der Waals surface area contributed by atoms with E-state index in [4.69, 9.17) is 5.11 Å². The van der Waals surface area contributed by atoms with Crippen LogP contribution in [0.25, 0.3) is 0 Å². The van der Waals surface area contributed by atoms with Crippen molar-refractivity contribution in [2.45, 2.75) is 19.3 Å². The number of aliphatic hydroxyl groups excluding tert-OH is 1. The van der Waals surface area contributed by atoms with Gasteiger partial charge in [0.2, 0.25) is 0 Å². The summed E-state index contributed by atoms with van der Waals surface area (Å²) in [7, 11) is 2.22. The van der Waals surface area contributed by atoms with Crippen molar-refractivity contribution in [3.63, 3.8) is 0 Å². The summed E-state index contributed by atoms with van der Waals surface area (Å²) in [5.74, 6) is 2.39. The quantitative estimate of drug-likeness (QED) is 0.632. The monoisotopic (exact) mass is 169 g/mol. The van der Waals surface area contributed by atoms with Crippen molar-refractivity contribution < 1.29 is 5.11 Å². The molecule has 1 heterocycles. The summed E-state index contributed by atoms with van der Waals surface area (Å²) in [6.07, 6.45) is 3.94. The van der Waals surface area contributed by atoms with Crippen molar-refractivity contribution in [3.8, 4) is 0 Å². The molecule has 1 aliphatic carbocycles. The molecule has 0 radical (unpaired) electrons. The third kappa shape index (κ3) is 1.38. The van der Waals surface area contributed by atoms with Crippen LogP contribution in [-0.4, -0.2) is 36.8 Å². The van der Waals surface area contributed by atoms with Gasteiger partial charge in [-0.15, -0.1) is 0 Å². The molecule has 3 unspecified atom stereocenters. The van der Waals surface area contributed by atoms with Crippen molar-refractivity contribution in [1.82, 2.24) is 4.90 Å². The molecule has 2 rings (SSSR count). The molecule has 1 aliphatic heterocycles. The van der Waals surface area contributed by atoms with E-state index >= 15 is 0 Å². The van der Waals surface area contributed by atoms with E-state index in [1.807, 2.05) is 0 Å². The molecule has 0 aromatic rings. The van der Waals surface area contributed by atoms with Crippen LogP contribution in [0, 0.1) is 17.8 Å². The van der Waals surface area contributed by atoms with Crippen LogP contribution in [0.5, 0.6) is 0 Å². The Labute approximate surface area is 74.6 Å². The van der Waals surface area contributed by atoms with E-state index in [0.717, 1.165) is 11.8 Å². The molecule has 0 spiro atoms. The molecule has 3 atom stereocenters. The highest BCUT2D eigenvalue weighted by molar-refractivity contribution is 4.91. The van der Waals surface area contributed by atoms with E-state index in [-0.39, 0.29) is 0 Å². The van der Waals surface area contributed by atoms with Gasteiger partial charge in [0.15, 0.2) is 0 Å². The fourth-order valence-electron chi connectivity index (χ4n) is 2.91. The van der Waals surface area contributed by atoms with E-state index in [1.165, 1.54) is 32.4 Å². The Kier molecular flexibility index (Phi) is 2.37. The lowest BCUT2D eigenvalue weighted by atomic mass is 9.64. The van der Waals surface area contributed by atoms with Crippen molar-refractivity contribution >= 4 is 0 Å². The summed E-state index contributed by atoms with van der Waals surface area (Å²) in [6.45, 7) is 2.94. The maximum absolute atomic E-state index is 9.07. The highest BCUT2D eigenvalue weighted by atomic mass is 16.3. The molecule has 2 aliphatic rings. The molecule has 0 aromatic heterocycles. The second-order valence-corrected chi connectivity index (χ2v) is 4.51. The van der Waals surface area contributed by atoms with Gasteiger partial charge in [0.05, 0.1) is 0 Å². The third-order valence-corrected chi connectivity index (χ3v) is 3.67. The first-order valence-electron chi connectivity index (χ1n) is 5.10. The van der Waals surface area contributed by atoms with Crippen molar-refractivity contribution in [1.29, 1.82) is 0 Å². The molecule has 1 N–H and O–H groups in total. The molecular weight excluding hydrogens is 150 g/mol. The summed E-state index contributed by atoms with van der Waals surface area (Å²) in [5, 5.41) is 9.07. The number of hydrogen-bond donors (Lipinski definition) is 1. The molecule has 0 bridgehead atoms. The maximum Gasteiger partial charge on any atom is 0.0462 e. The van der Waals surface area contributed by atoms with Crippen LogP contribution in [0.1, 0.15) is 19.3 Å². The van der Waals surface area contributed by atoms with Gasteiger partial charge in [-0.05, 0) is 50.6 Å². The number of rotatable bonds is 1. The largest absolute Gasteiger partial charge is 0.396 e. The van der Waals surface area contributed by atoms with Gasteiger partial charge in [0, 0.05) is 13.2 Å². The highest BCUT2D eigenvalue weighted by Gasteiger charge is 2.41. The minimum atomic E-state index is 0.422. The van der Waals surface area contributed by atoms with Gasteiger partial charge in [-0.3, -0.25) is 0 Å². The van der Waals surface area contributed by atoms with Crippen LogP contribution < -0.4 is 0 Å². The van der Waals surface area contributed by atoms with Crippen LogP contribution in [0.3, 0.4) is 0 Å². The normalized spacial score (nSPS) is 43.0. The Morgan fingerprint density at radius 3 is 3.08 bits per heavy atom. The second kappa shape index (κ2) is 3.35. The average Bonchev–Trinajstić information content (AvgIpc) is 2.16. The van der Waals surface area contributed by atoms with Crippen LogP contribution in [0.2, 0.25) is 0 Å². The number of nitrogens with zero attached hydrogens (tertiary/aromatic N) is 1. The molecule has 12 heavy (non-hydrogen) atoms. The number of hydrogen-bond acceptors (Lipinski definition) is 2. The molecule has 1 saturated carbocycles. The molecule has 2 heteroatoms. The van der Waals surface area contributed by atoms with E-state index in [1.54, 1.807) is 0 Å². The van der Waals surface area contributed by atoms with Crippen LogP contribution in [-0.2, 0) is 0 Å². The average molecular weight is 169 g/mol. The predicted octanol–water partition coefficient (Wildman–Crippen LogP) is 0.957. The second-order valence-electron chi connectivity index (χ2n) is 4.51. The van der Waals surface area contributed by atoms with E-state index in [2.05, 4.69) is 11.9 Å². The fourth-order valence-corrected chi connectivity index (χ4v) is 2.91. The van der Waals surface area contributed by atoms with E-state index in [0.29, 0.717) is 12.5 Å². The molecule has 1 saturated heterocycles. The minimum Gasteiger partial charge on any atom is -0.396 e. The summed E-state index contributed by atoms with van der Waals surface area (Å²) >= 11 is 0.